The largest absolute Gasteiger partial charge is 0.458 e. The van der Waals surface area contributed by atoms with Crippen LogP contribution in [0.15, 0.2) is 30.3 Å². The lowest BCUT2D eigenvalue weighted by atomic mass is 9.93. The molecule has 1 heterocycles. The number of ether oxygens (including phenoxy) is 2. The highest BCUT2D eigenvalue weighted by Gasteiger charge is 2.47. The fourth-order valence-corrected chi connectivity index (χ4v) is 2.55. The Balaban J connectivity index is 1.82. The van der Waals surface area contributed by atoms with Crippen LogP contribution in [0, 0.1) is 0 Å². The Morgan fingerprint density at radius 3 is 2.77 bits per heavy atom. The van der Waals surface area contributed by atoms with Crippen LogP contribution in [0.2, 0.25) is 0 Å². The smallest absolute Gasteiger partial charge is 0.338 e. The van der Waals surface area contributed by atoms with Crippen LogP contribution >= 0.6 is 0 Å². The van der Waals surface area contributed by atoms with Gasteiger partial charge in [0.15, 0.2) is 5.60 Å². The average Bonchev–Trinajstić information content (AvgIpc) is 2.81. The summed E-state index contributed by atoms with van der Waals surface area (Å²) >= 11 is 0. The van der Waals surface area contributed by atoms with Crippen LogP contribution in [0.4, 0.5) is 0 Å². The second-order valence-electron chi connectivity index (χ2n) is 5.68. The van der Waals surface area contributed by atoms with E-state index in [0.29, 0.717) is 12.0 Å². The molecular weight excluding hydrogens is 284 g/mol. The highest BCUT2D eigenvalue weighted by molar-refractivity contribution is 5.89. The summed E-state index contributed by atoms with van der Waals surface area (Å²) in [5.74, 6) is -1.07. The van der Waals surface area contributed by atoms with E-state index in [0.717, 1.165) is 19.3 Å². The number of hydrogen-bond acceptors (Lipinski definition) is 5. The van der Waals surface area contributed by atoms with Crippen molar-refractivity contribution >= 4 is 11.9 Å². The molecule has 1 aromatic carbocycles. The van der Waals surface area contributed by atoms with E-state index in [1.165, 1.54) is 0 Å². The summed E-state index contributed by atoms with van der Waals surface area (Å²) in [6.45, 7) is 2.03. The molecule has 0 spiro atoms. The minimum atomic E-state index is -1.43. The summed E-state index contributed by atoms with van der Waals surface area (Å²) in [4.78, 5) is 23.6. The summed E-state index contributed by atoms with van der Waals surface area (Å²) in [6, 6.07) is 8.62. The van der Waals surface area contributed by atoms with Gasteiger partial charge in [0.25, 0.3) is 0 Å². The zero-order valence-corrected chi connectivity index (χ0v) is 12.8. The predicted octanol–water partition coefficient (Wildman–Crippen LogP) is 2.47. The third-order valence-corrected chi connectivity index (χ3v) is 3.82. The van der Waals surface area contributed by atoms with E-state index in [9.17, 15) is 14.7 Å². The van der Waals surface area contributed by atoms with Gasteiger partial charge >= 0.3 is 11.9 Å². The van der Waals surface area contributed by atoms with E-state index in [1.54, 1.807) is 24.3 Å². The number of esters is 2. The van der Waals surface area contributed by atoms with Gasteiger partial charge in [0.2, 0.25) is 0 Å². The Morgan fingerprint density at radius 1 is 1.36 bits per heavy atom. The van der Waals surface area contributed by atoms with Crippen molar-refractivity contribution in [3.63, 3.8) is 0 Å². The first-order valence-electron chi connectivity index (χ1n) is 7.71. The summed E-state index contributed by atoms with van der Waals surface area (Å²) < 4.78 is 10.3. The molecule has 1 aromatic rings. The molecule has 0 bridgehead atoms. The van der Waals surface area contributed by atoms with Gasteiger partial charge in [0.1, 0.15) is 12.7 Å². The SMILES string of the molecule is CCCCC[C@@]1(O)C[C@H](COC(=O)c2ccccc2)OC1=O. The second kappa shape index (κ2) is 7.40. The van der Waals surface area contributed by atoms with Gasteiger partial charge in [-0.3, -0.25) is 0 Å². The van der Waals surface area contributed by atoms with Crippen molar-refractivity contribution in [1.29, 1.82) is 0 Å². The van der Waals surface area contributed by atoms with Crippen molar-refractivity contribution in [2.24, 2.45) is 0 Å². The van der Waals surface area contributed by atoms with Crippen molar-refractivity contribution in [2.45, 2.75) is 50.7 Å². The van der Waals surface area contributed by atoms with Crippen molar-refractivity contribution < 1.29 is 24.2 Å². The maximum atomic E-state index is 11.8. The highest BCUT2D eigenvalue weighted by Crippen LogP contribution is 2.30. The zero-order chi connectivity index (χ0) is 16.0. The van der Waals surface area contributed by atoms with Crippen LogP contribution in [0.3, 0.4) is 0 Å². The number of aliphatic hydroxyl groups is 1. The summed E-state index contributed by atoms with van der Waals surface area (Å²) in [6.07, 6.45) is 2.75. The number of carbonyl (C=O) groups excluding carboxylic acids is 2. The van der Waals surface area contributed by atoms with Crippen molar-refractivity contribution in [3.8, 4) is 0 Å². The van der Waals surface area contributed by atoms with E-state index in [1.807, 2.05) is 6.07 Å². The summed E-state index contributed by atoms with van der Waals surface area (Å²) in [5.41, 5.74) is -0.982. The number of rotatable bonds is 7. The van der Waals surface area contributed by atoms with E-state index >= 15 is 0 Å². The molecule has 1 fully saturated rings. The van der Waals surface area contributed by atoms with Crippen molar-refractivity contribution in [1.82, 2.24) is 0 Å². The molecule has 2 atom stereocenters. The van der Waals surface area contributed by atoms with E-state index < -0.39 is 23.6 Å². The minimum absolute atomic E-state index is 0.0322. The van der Waals surface area contributed by atoms with E-state index in [2.05, 4.69) is 6.92 Å². The van der Waals surface area contributed by atoms with Gasteiger partial charge in [-0.1, -0.05) is 38.0 Å². The number of hydrogen-bond donors (Lipinski definition) is 1. The molecule has 0 radical (unpaired) electrons. The Morgan fingerprint density at radius 2 is 2.09 bits per heavy atom. The quantitative estimate of drug-likeness (QED) is 0.619. The highest BCUT2D eigenvalue weighted by atomic mass is 16.6. The van der Waals surface area contributed by atoms with Crippen molar-refractivity contribution in [2.75, 3.05) is 6.61 Å². The molecule has 0 aliphatic carbocycles. The molecule has 1 aliphatic heterocycles. The lowest BCUT2D eigenvalue weighted by Crippen LogP contribution is -2.34. The van der Waals surface area contributed by atoms with Crippen LogP contribution in [0.1, 0.15) is 49.4 Å². The Hall–Kier alpha value is -1.88. The fraction of sp³-hybridized carbons (Fsp3) is 0.529. The molecule has 0 saturated carbocycles. The van der Waals surface area contributed by atoms with Gasteiger partial charge in [-0.15, -0.1) is 0 Å². The molecule has 1 saturated heterocycles. The molecule has 0 aromatic heterocycles. The van der Waals surface area contributed by atoms with E-state index in [4.69, 9.17) is 9.47 Å². The first kappa shape index (κ1) is 16.5. The molecule has 2 rings (SSSR count). The Bertz CT molecular complexity index is 513. The zero-order valence-electron chi connectivity index (χ0n) is 12.8. The van der Waals surface area contributed by atoms with Crippen molar-refractivity contribution in [3.05, 3.63) is 35.9 Å². The van der Waals surface area contributed by atoms with Crippen LogP contribution in [0.5, 0.6) is 0 Å². The average molecular weight is 306 g/mol. The van der Waals surface area contributed by atoms with Gasteiger partial charge in [-0.25, -0.2) is 9.59 Å². The van der Waals surface area contributed by atoms with Crippen LogP contribution in [0.25, 0.3) is 0 Å². The van der Waals surface area contributed by atoms with Gasteiger partial charge in [-0.2, -0.15) is 0 Å². The molecule has 120 valence electrons. The summed E-state index contributed by atoms with van der Waals surface area (Å²) in [5, 5.41) is 10.3. The molecule has 0 unspecified atom stereocenters. The first-order valence-corrected chi connectivity index (χ1v) is 7.71. The molecule has 1 aliphatic rings. The fourth-order valence-electron chi connectivity index (χ4n) is 2.55. The van der Waals surface area contributed by atoms with Gasteiger partial charge in [0, 0.05) is 6.42 Å². The number of benzene rings is 1. The Kier molecular flexibility index (Phi) is 5.55. The van der Waals surface area contributed by atoms with Crippen LogP contribution < -0.4 is 0 Å². The first-order chi connectivity index (χ1) is 10.5. The maximum Gasteiger partial charge on any atom is 0.338 e. The monoisotopic (exact) mass is 306 g/mol. The van der Waals surface area contributed by atoms with E-state index in [-0.39, 0.29) is 13.0 Å². The lowest BCUT2D eigenvalue weighted by molar-refractivity contribution is -0.156. The van der Waals surface area contributed by atoms with Gasteiger partial charge in [0.05, 0.1) is 5.56 Å². The molecule has 5 nitrogen and oxygen atoms in total. The molecule has 22 heavy (non-hydrogen) atoms. The third kappa shape index (κ3) is 4.07. The molecule has 0 amide bonds. The third-order valence-electron chi connectivity index (χ3n) is 3.82. The topological polar surface area (TPSA) is 72.8 Å². The number of unbranched alkanes of at least 4 members (excludes halogenated alkanes) is 2. The second-order valence-corrected chi connectivity index (χ2v) is 5.68. The van der Waals surface area contributed by atoms with Gasteiger partial charge < -0.3 is 14.6 Å². The summed E-state index contributed by atoms with van der Waals surface area (Å²) in [7, 11) is 0. The number of carbonyl (C=O) groups is 2. The Labute approximate surface area is 130 Å². The molecule has 1 N–H and O–H groups in total. The van der Waals surface area contributed by atoms with Crippen LogP contribution in [-0.2, 0) is 14.3 Å². The standard InChI is InChI=1S/C17H22O5/c1-2-3-7-10-17(20)11-14(22-16(17)19)12-21-15(18)13-8-5-4-6-9-13/h4-6,8-9,14,20H,2-3,7,10-12H2,1H3/t14-,17-/m1/s1. The molecule has 5 heteroatoms. The normalized spacial score (nSPS) is 24.1. The lowest BCUT2D eigenvalue weighted by Gasteiger charge is -2.17. The predicted molar refractivity (Wildman–Crippen MR) is 80.3 cm³/mol. The maximum absolute atomic E-state index is 11.8. The number of cyclic esters (lactones) is 1. The molecular formula is C17H22O5. The minimum Gasteiger partial charge on any atom is -0.458 e. The van der Waals surface area contributed by atoms with Crippen LogP contribution in [-0.4, -0.2) is 35.4 Å². The van der Waals surface area contributed by atoms with Gasteiger partial charge in [-0.05, 0) is 25.0 Å².